The van der Waals surface area contributed by atoms with E-state index in [0.29, 0.717) is 24.5 Å². The van der Waals surface area contributed by atoms with Gasteiger partial charge >= 0.3 is 5.97 Å². The predicted molar refractivity (Wildman–Crippen MR) is 69.5 cm³/mol. The summed E-state index contributed by atoms with van der Waals surface area (Å²) in [6, 6.07) is 11.5. The summed E-state index contributed by atoms with van der Waals surface area (Å²) in [6.07, 6.45) is 1.72. The van der Waals surface area contributed by atoms with E-state index in [9.17, 15) is 4.79 Å². The van der Waals surface area contributed by atoms with Crippen LogP contribution in [0.4, 0.5) is 5.69 Å². The van der Waals surface area contributed by atoms with Gasteiger partial charge in [-0.25, -0.2) is 9.79 Å². The first-order valence-electron chi connectivity index (χ1n) is 5.90. The Balaban J connectivity index is 1.77. The Morgan fingerprint density at radius 2 is 2.16 bits per heavy atom. The lowest BCUT2D eigenvalue weighted by Crippen LogP contribution is -2.22. The first kappa shape index (κ1) is 11.5. The Bertz CT molecular complexity index is 631. The van der Waals surface area contributed by atoms with Crippen molar-refractivity contribution in [3.63, 3.8) is 0 Å². The quantitative estimate of drug-likeness (QED) is 0.916. The van der Waals surface area contributed by atoms with Crippen LogP contribution in [0.3, 0.4) is 0 Å². The van der Waals surface area contributed by atoms with Gasteiger partial charge in [0, 0.05) is 12.6 Å². The van der Waals surface area contributed by atoms with Crippen LogP contribution in [0.15, 0.2) is 45.8 Å². The highest BCUT2D eigenvalue weighted by molar-refractivity contribution is 5.86. The van der Waals surface area contributed by atoms with Crippen LogP contribution >= 0.6 is 0 Å². The van der Waals surface area contributed by atoms with Crippen molar-refractivity contribution < 1.29 is 14.3 Å². The van der Waals surface area contributed by atoms with E-state index in [1.807, 2.05) is 35.2 Å². The molecule has 0 spiro atoms. The third kappa shape index (κ3) is 2.35. The van der Waals surface area contributed by atoms with Crippen molar-refractivity contribution in [1.29, 1.82) is 0 Å². The maximum Gasteiger partial charge on any atom is 0.371 e. The molecule has 0 aliphatic carbocycles. The van der Waals surface area contributed by atoms with Gasteiger partial charge in [0.2, 0.25) is 5.76 Å². The summed E-state index contributed by atoms with van der Waals surface area (Å²) in [5.41, 5.74) is 1.77. The Hall–Kier alpha value is -2.56. The predicted octanol–water partition coefficient (Wildman–Crippen LogP) is 2.65. The topological polar surface area (TPSA) is 66.0 Å². The molecule has 1 aliphatic heterocycles. The highest BCUT2D eigenvalue weighted by atomic mass is 16.4. The van der Waals surface area contributed by atoms with Gasteiger partial charge in [-0.3, -0.25) is 0 Å². The van der Waals surface area contributed by atoms with Gasteiger partial charge in [0.15, 0.2) is 0 Å². The van der Waals surface area contributed by atoms with Crippen molar-refractivity contribution in [2.24, 2.45) is 4.99 Å². The maximum atomic E-state index is 10.8. The molecular weight excluding hydrogens is 244 g/mol. The van der Waals surface area contributed by atoms with Gasteiger partial charge < -0.3 is 14.4 Å². The molecule has 1 aromatic carbocycles. The van der Waals surface area contributed by atoms with Crippen LogP contribution in [-0.4, -0.2) is 22.3 Å². The van der Waals surface area contributed by atoms with Crippen LogP contribution in [-0.2, 0) is 13.1 Å². The van der Waals surface area contributed by atoms with Crippen LogP contribution < -0.4 is 0 Å². The molecule has 0 amide bonds. The number of hydrogen-bond donors (Lipinski definition) is 1. The minimum atomic E-state index is -1.07. The van der Waals surface area contributed by atoms with E-state index in [2.05, 4.69) is 4.99 Å². The summed E-state index contributed by atoms with van der Waals surface area (Å²) >= 11 is 0. The zero-order valence-corrected chi connectivity index (χ0v) is 10.1. The fraction of sp³-hybridized carbons (Fsp3) is 0.143. The number of furan rings is 1. The second-order valence-corrected chi connectivity index (χ2v) is 4.36. The molecule has 2 heterocycles. The molecule has 3 rings (SSSR count). The Labute approximate surface area is 109 Å². The molecule has 1 aromatic heterocycles. The van der Waals surface area contributed by atoms with Crippen LogP contribution in [0, 0.1) is 0 Å². The van der Waals surface area contributed by atoms with Crippen molar-refractivity contribution >= 4 is 18.0 Å². The zero-order valence-electron chi connectivity index (χ0n) is 10.1. The summed E-state index contributed by atoms with van der Waals surface area (Å²) < 4.78 is 5.28. The number of carboxylic acids is 1. The molecule has 0 unspecified atom stereocenters. The number of aliphatic imine (C=N–C) groups is 1. The standard InChI is InChI=1S/C14H12N2O3/c17-14(18)12-6-11-13(19-12)8-16(9-15-11)7-10-4-2-1-3-5-10/h1-6,9H,7-8H2,(H,17,18). The summed E-state index contributed by atoms with van der Waals surface area (Å²) in [6.45, 7) is 1.24. The summed E-state index contributed by atoms with van der Waals surface area (Å²) in [5.74, 6) is -0.543. The third-order valence-electron chi connectivity index (χ3n) is 2.93. The lowest BCUT2D eigenvalue weighted by Gasteiger charge is -2.21. The molecule has 0 fully saturated rings. The molecule has 1 N–H and O–H groups in total. The average molecular weight is 256 g/mol. The number of fused-ring (bicyclic) bond motifs is 1. The second-order valence-electron chi connectivity index (χ2n) is 4.36. The van der Waals surface area contributed by atoms with E-state index in [4.69, 9.17) is 9.52 Å². The molecule has 0 saturated carbocycles. The summed E-state index contributed by atoms with van der Waals surface area (Å²) in [5, 5.41) is 8.88. The van der Waals surface area contributed by atoms with Gasteiger partial charge in [-0.15, -0.1) is 0 Å². The Morgan fingerprint density at radius 1 is 1.37 bits per heavy atom. The lowest BCUT2D eigenvalue weighted by atomic mass is 10.2. The lowest BCUT2D eigenvalue weighted by molar-refractivity contribution is 0.0659. The van der Waals surface area contributed by atoms with Crippen LogP contribution in [0.1, 0.15) is 21.9 Å². The molecule has 96 valence electrons. The Kier molecular flexibility index (Phi) is 2.79. The van der Waals surface area contributed by atoms with Crippen LogP contribution in [0.25, 0.3) is 0 Å². The third-order valence-corrected chi connectivity index (χ3v) is 2.93. The van der Waals surface area contributed by atoms with E-state index in [1.54, 1.807) is 6.34 Å². The van der Waals surface area contributed by atoms with E-state index in [0.717, 1.165) is 0 Å². The minimum absolute atomic E-state index is 0.0660. The summed E-state index contributed by atoms with van der Waals surface area (Å²) in [4.78, 5) is 17.0. The highest BCUT2D eigenvalue weighted by Gasteiger charge is 2.20. The molecular formula is C14H12N2O3. The molecule has 19 heavy (non-hydrogen) atoms. The number of carbonyl (C=O) groups is 1. The second kappa shape index (κ2) is 4.61. The van der Waals surface area contributed by atoms with Crippen molar-refractivity contribution in [2.75, 3.05) is 0 Å². The van der Waals surface area contributed by atoms with Crippen molar-refractivity contribution in [3.8, 4) is 0 Å². The van der Waals surface area contributed by atoms with Gasteiger partial charge in [-0.05, 0) is 5.56 Å². The van der Waals surface area contributed by atoms with E-state index < -0.39 is 5.97 Å². The Morgan fingerprint density at radius 3 is 2.89 bits per heavy atom. The number of hydrogen-bond acceptors (Lipinski definition) is 4. The van der Waals surface area contributed by atoms with Gasteiger partial charge in [-0.1, -0.05) is 30.3 Å². The number of aromatic carboxylic acids is 1. The summed E-state index contributed by atoms with van der Waals surface area (Å²) in [7, 11) is 0. The maximum absolute atomic E-state index is 10.8. The van der Waals surface area contributed by atoms with Gasteiger partial charge in [-0.2, -0.15) is 0 Å². The zero-order chi connectivity index (χ0) is 13.2. The molecule has 2 aromatic rings. The molecule has 5 heteroatoms. The van der Waals surface area contributed by atoms with Crippen LogP contribution in [0.5, 0.6) is 0 Å². The van der Waals surface area contributed by atoms with Gasteiger partial charge in [0.1, 0.15) is 11.4 Å². The van der Waals surface area contributed by atoms with E-state index in [1.165, 1.54) is 11.6 Å². The molecule has 0 atom stereocenters. The number of rotatable bonds is 3. The van der Waals surface area contributed by atoms with Gasteiger partial charge in [0.05, 0.1) is 12.9 Å². The first-order chi connectivity index (χ1) is 9.22. The fourth-order valence-electron chi connectivity index (χ4n) is 2.03. The molecule has 0 saturated heterocycles. The van der Waals surface area contributed by atoms with Crippen molar-refractivity contribution in [1.82, 2.24) is 4.90 Å². The molecule has 5 nitrogen and oxygen atoms in total. The van der Waals surface area contributed by atoms with E-state index >= 15 is 0 Å². The normalized spacial score (nSPS) is 13.4. The number of nitrogens with zero attached hydrogens (tertiary/aromatic N) is 2. The van der Waals surface area contributed by atoms with Crippen LogP contribution in [0.2, 0.25) is 0 Å². The van der Waals surface area contributed by atoms with Gasteiger partial charge in [0.25, 0.3) is 0 Å². The smallest absolute Gasteiger partial charge is 0.371 e. The number of benzene rings is 1. The molecule has 0 radical (unpaired) electrons. The minimum Gasteiger partial charge on any atom is -0.475 e. The average Bonchev–Trinajstić information content (AvgIpc) is 2.83. The first-order valence-corrected chi connectivity index (χ1v) is 5.90. The number of carboxylic acid groups (broad SMARTS) is 1. The fourth-order valence-corrected chi connectivity index (χ4v) is 2.03. The van der Waals surface area contributed by atoms with Crippen molar-refractivity contribution in [3.05, 3.63) is 53.5 Å². The molecule has 0 bridgehead atoms. The highest BCUT2D eigenvalue weighted by Crippen LogP contribution is 2.28. The van der Waals surface area contributed by atoms with Crippen molar-refractivity contribution in [2.45, 2.75) is 13.1 Å². The molecule has 1 aliphatic rings. The van der Waals surface area contributed by atoms with E-state index in [-0.39, 0.29) is 5.76 Å². The largest absolute Gasteiger partial charge is 0.475 e. The monoisotopic (exact) mass is 256 g/mol. The SMILES string of the molecule is O=C(O)c1cc2c(o1)CN(Cc1ccccc1)C=N2.